The lowest BCUT2D eigenvalue weighted by Crippen LogP contribution is -2.11. The summed E-state index contributed by atoms with van der Waals surface area (Å²) in [5.41, 5.74) is 0.181. The van der Waals surface area contributed by atoms with E-state index in [2.05, 4.69) is 15.5 Å². The molecule has 1 fully saturated rings. The highest BCUT2D eigenvalue weighted by atomic mass is 16.4. The van der Waals surface area contributed by atoms with Crippen molar-refractivity contribution < 1.29 is 9.90 Å². The molecule has 14 heavy (non-hydrogen) atoms. The van der Waals surface area contributed by atoms with Crippen molar-refractivity contribution in [2.45, 2.75) is 12.8 Å². The van der Waals surface area contributed by atoms with Crippen molar-refractivity contribution in [2.24, 2.45) is 5.92 Å². The SMILES string of the molecule is O=C(O)c1ccnnc1NCC1CC1. The predicted molar refractivity (Wildman–Crippen MR) is 50.2 cm³/mol. The van der Waals surface area contributed by atoms with Gasteiger partial charge >= 0.3 is 5.97 Å². The number of aromatic carboxylic acids is 1. The summed E-state index contributed by atoms with van der Waals surface area (Å²) in [6.45, 7) is 0.791. The molecule has 1 aromatic heterocycles. The van der Waals surface area contributed by atoms with Crippen LogP contribution in [-0.2, 0) is 0 Å². The van der Waals surface area contributed by atoms with Gasteiger partial charge in [0.1, 0.15) is 5.56 Å². The van der Waals surface area contributed by atoms with Gasteiger partial charge in [0.05, 0.1) is 6.20 Å². The minimum atomic E-state index is -0.974. The second-order valence-corrected chi connectivity index (χ2v) is 3.42. The molecule has 1 aliphatic carbocycles. The highest BCUT2D eigenvalue weighted by Crippen LogP contribution is 2.28. The second-order valence-electron chi connectivity index (χ2n) is 3.42. The van der Waals surface area contributed by atoms with Gasteiger partial charge in [-0.1, -0.05) is 0 Å². The zero-order valence-corrected chi connectivity index (χ0v) is 7.60. The van der Waals surface area contributed by atoms with Crippen molar-refractivity contribution >= 4 is 11.8 Å². The van der Waals surface area contributed by atoms with E-state index in [-0.39, 0.29) is 5.56 Å². The van der Waals surface area contributed by atoms with Crippen molar-refractivity contribution in [3.8, 4) is 0 Å². The van der Waals surface area contributed by atoms with Crippen LogP contribution in [0.1, 0.15) is 23.2 Å². The third-order valence-electron chi connectivity index (χ3n) is 2.21. The van der Waals surface area contributed by atoms with E-state index in [0.717, 1.165) is 6.54 Å². The van der Waals surface area contributed by atoms with Gasteiger partial charge in [-0.15, -0.1) is 5.10 Å². The number of aromatic nitrogens is 2. The first-order chi connectivity index (χ1) is 6.77. The molecule has 0 radical (unpaired) electrons. The first-order valence-corrected chi connectivity index (χ1v) is 4.56. The summed E-state index contributed by atoms with van der Waals surface area (Å²) in [6, 6.07) is 1.45. The summed E-state index contributed by atoms with van der Waals surface area (Å²) in [7, 11) is 0. The van der Waals surface area contributed by atoms with Gasteiger partial charge in [0, 0.05) is 6.54 Å². The van der Waals surface area contributed by atoms with Gasteiger partial charge in [-0.3, -0.25) is 0 Å². The fourth-order valence-corrected chi connectivity index (χ4v) is 1.20. The molecule has 1 saturated carbocycles. The van der Waals surface area contributed by atoms with Crippen molar-refractivity contribution in [1.82, 2.24) is 10.2 Å². The Hall–Kier alpha value is -1.65. The Morgan fingerprint density at radius 3 is 3.07 bits per heavy atom. The van der Waals surface area contributed by atoms with Gasteiger partial charge in [-0.2, -0.15) is 5.10 Å². The third kappa shape index (κ3) is 1.99. The molecule has 0 aliphatic heterocycles. The van der Waals surface area contributed by atoms with Crippen molar-refractivity contribution in [2.75, 3.05) is 11.9 Å². The maximum absolute atomic E-state index is 10.8. The fraction of sp³-hybridized carbons (Fsp3) is 0.444. The quantitative estimate of drug-likeness (QED) is 0.746. The van der Waals surface area contributed by atoms with Crippen molar-refractivity contribution in [3.63, 3.8) is 0 Å². The Kier molecular flexibility index (Phi) is 2.30. The lowest BCUT2D eigenvalue weighted by atomic mass is 10.3. The van der Waals surface area contributed by atoms with Crippen LogP contribution in [0, 0.1) is 5.92 Å². The van der Waals surface area contributed by atoms with Crippen LogP contribution in [0.25, 0.3) is 0 Å². The van der Waals surface area contributed by atoms with E-state index in [1.165, 1.54) is 25.1 Å². The average molecular weight is 193 g/mol. The molecule has 2 N–H and O–H groups in total. The molecule has 0 spiro atoms. The molecule has 0 saturated heterocycles. The van der Waals surface area contributed by atoms with Gasteiger partial charge < -0.3 is 10.4 Å². The smallest absolute Gasteiger partial charge is 0.339 e. The molecule has 0 bridgehead atoms. The normalized spacial score (nSPS) is 15.1. The van der Waals surface area contributed by atoms with Crippen LogP contribution in [0.15, 0.2) is 12.3 Å². The van der Waals surface area contributed by atoms with Crippen LogP contribution in [-0.4, -0.2) is 27.8 Å². The van der Waals surface area contributed by atoms with Gasteiger partial charge in [0.25, 0.3) is 0 Å². The summed E-state index contributed by atoms with van der Waals surface area (Å²) < 4.78 is 0. The van der Waals surface area contributed by atoms with Gasteiger partial charge in [0.2, 0.25) is 0 Å². The lowest BCUT2D eigenvalue weighted by molar-refractivity contribution is 0.0697. The summed E-state index contributed by atoms with van der Waals surface area (Å²) in [4.78, 5) is 10.8. The molecule has 0 aromatic carbocycles. The highest BCUT2D eigenvalue weighted by molar-refractivity contribution is 5.92. The minimum absolute atomic E-state index is 0.181. The Morgan fingerprint density at radius 2 is 2.43 bits per heavy atom. The summed E-state index contributed by atoms with van der Waals surface area (Å²) >= 11 is 0. The summed E-state index contributed by atoms with van der Waals surface area (Å²) in [6.07, 6.45) is 3.82. The number of carboxylic acid groups (broad SMARTS) is 1. The lowest BCUT2D eigenvalue weighted by Gasteiger charge is -2.05. The molecule has 0 unspecified atom stereocenters. The molecule has 5 nitrogen and oxygen atoms in total. The van der Waals surface area contributed by atoms with E-state index in [9.17, 15) is 4.79 Å². The van der Waals surface area contributed by atoms with Crippen LogP contribution in [0.2, 0.25) is 0 Å². The molecule has 1 aliphatic rings. The zero-order valence-electron chi connectivity index (χ0n) is 7.60. The number of carbonyl (C=O) groups is 1. The summed E-state index contributed by atoms with van der Waals surface area (Å²) in [5.74, 6) is 0.0729. The number of hydrogen-bond acceptors (Lipinski definition) is 4. The van der Waals surface area contributed by atoms with E-state index in [1.807, 2.05) is 0 Å². The van der Waals surface area contributed by atoms with E-state index in [1.54, 1.807) is 0 Å². The molecular weight excluding hydrogens is 182 g/mol. The minimum Gasteiger partial charge on any atom is -0.478 e. The molecule has 0 atom stereocenters. The Balaban J connectivity index is 2.09. The maximum atomic E-state index is 10.8. The first kappa shape index (κ1) is 8.93. The van der Waals surface area contributed by atoms with Crippen LogP contribution in [0.5, 0.6) is 0 Å². The first-order valence-electron chi connectivity index (χ1n) is 4.56. The average Bonchev–Trinajstić information content (AvgIpc) is 2.98. The van der Waals surface area contributed by atoms with Crippen LogP contribution in [0.3, 0.4) is 0 Å². The third-order valence-corrected chi connectivity index (χ3v) is 2.21. The molecule has 5 heteroatoms. The second kappa shape index (κ2) is 3.61. The van der Waals surface area contributed by atoms with Crippen LogP contribution in [0.4, 0.5) is 5.82 Å². The number of hydrogen-bond donors (Lipinski definition) is 2. The maximum Gasteiger partial charge on any atom is 0.339 e. The number of rotatable bonds is 4. The number of anilines is 1. The van der Waals surface area contributed by atoms with E-state index >= 15 is 0 Å². The molecule has 74 valence electrons. The van der Waals surface area contributed by atoms with Crippen LogP contribution >= 0.6 is 0 Å². The van der Waals surface area contributed by atoms with E-state index < -0.39 is 5.97 Å². The zero-order chi connectivity index (χ0) is 9.97. The van der Waals surface area contributed by atoms with E-state index in [4.69, 9.17) is 5.11 Å². The topological polar surface area (TPSA) is 75.1 Å². The molecule has 0 amide bonds. The Labute approximate surface area is 81.2 Å². The Bertz CT molecular complexity index is 350. The van der Waals surface area contributed by atoms with Gasteiger partial charge in [-0.25, -0.2) is 4.79 Å². The van der Waals surface area contributed by atoms with Crippen molar-refractivity contribution in [1.29, 1.82) is 0 Å². The van der Waals surface area contributed by atoms with Gasteiger partial charge in [0.15, 0.2) is 5.82 Å². The van der Waals surface area contributed by atoms with E-state index in [0.29, 0.717) is 11.7 Å². The highest BCUT2D eigenvalue weighted by Gasteiger charge is 2.22. The number of nitrogens with zero attached hydrogens (tertiary/aromatic N) is 2. The molecule has 2 rings (SSSR count). The van der Waals surface area contributed by atoms with Gasteiger partial charge in [-0.05, 0) is 24.8 Å². The Morgan fingerprint density at radius 1 is 1.64 bits per heavy atom. The largest absolute Gasteiger partial charge is 0.478 e. The number of nitrogens with one attached hydrogen (secondary N) is 1. The fourth-order valence-electron chi connectivity index (χ4n) is 1.20. The molecular formula is C9H11N3O2. The standard InChI is InChI=1S/C9H11N3O2/c13-9(14)7-3-4-11-12-8(7)10-5-6-1-2-6/h3-4,6H,1-2,5H2,(H,10,12)(H,13,14). The predicted octanol–water partition coefficient (Wildman–Crippen LogP) is 0.997. The number of carboxylic acids is 1. The molecule has 1 aromatic rings. The van der Waals surface area contributed by atoms with Crippen molar-refractivity contribution in [3.05, 3.63) is 17.8 Å². The van der Waals surface area contributed by atoms with Crippen LogP contribution < -0.4 is 5.32 Å². The molecule has 1 heterocycles. The monoisotopic (exact) mass is 193 g/mol. The summed E-state index contributed by atoms with van der Waals surface area (Å²) in [5, 5.41) is 19.2.